The van der Waals surface area contributed by atoms with Crippen LogP contribution in [0.1, 0.15) is 32.3 Å². The summed E-state index contributed by atoms with van der Waals surface area (Å²) >= 11 is 0. The van der Waals surface area contributed by atoms with Crippen molar-refractivity contribution in [2.75, 3.05) is 26.0 Å². The molecule has 0 bridgehead atoms. The van der Waals surface area contributed by atoms with E-state index in [9.17, 15) is 0 Å². The number of rotatable bonds is 8. The Morgan fingerprint density at radius 2 is 2.06 bits per heavy atom. The lowest BCUT2D eigenvalue weighted by molar-refractivity contribution is 0.133. The second-order valence-corrected chi connectivity index (χ2v) is 4.80. The molecular weight excluding hydrogens is 224 g/mol. The Bertz CT molecular complexity index is 341. The van der Waals surface area contributed by atoms with Crippen molar-refractivity contribution in [1.29, 1.82) is 0 Å². The van der Waals surface area contributed by atoms with Gasteiger partial charge in [0, 0.05) is 32.0 Å². The summed E-state index contributed by atoms with van der Waals surface area (Å²) in [7, 11) is 1.76. The maximum atomic E-state index is 6.01. The molecule has 1 aromatic rings. The SMILES string of the molecule is CCCN(Cc1ccccc1N)C(C)CCOC. The van der Waals surface area contributed by atoms with Crippen LogP contribution in [0, 0.1) is 0 Å². The molecule has 0 spiro atoms. The van der Waals surface area contributed by atoms with E-state index in [0.717, 1.165) is 38.2 Å². The van der Waals surface area contributed by atoms with Crippen LogP contribution in [0.3, 0.4) is 0 Å². The lowest BCUT2D eigenvalue weighted by Crippen LogP contribution is -2.34. The number of nitrogen functional groups attached to an aromatic ring is 1. The van der Waals surface area contributed by atoms with Crippen molar-refractivity contribution >= 4 is 5.69 Å². The highest BCUT2D eigenvalue weighted by atomic mass is 16.5. The van der Waals surface area contributed by atoms with Gasteiger partial charge in [0.25, 0.3) is 0 Å². The number of nitrogens with zero attached hydrogens (tertiary/aromatic N) is 1. The molecule has 0 saturated carbocycles. The van der Waals surface area contributed by atoms with Crippen molar-refractivity contribution in [1.82, 2.24) is 4.90 Å². The highest BCUT2D eigenvalue weighted by molar-refractivity contribution is 5.46. The Hall–Kier alpha value is -1.06. The summed E-state index contributed by atoms with van der Waals surface area (Å²) in [5.74, 6) is 0. The minimum Gasteiger partial charge on any atom is -0.398 e. The number of anilines is 1. The maximum absolute atomic E-state index is 6.01. The second-order valence-electron chi connectivity index (χ2n) is 4.80. The molecule has 0 fully saturated rings. The van der Waals surface area contributed by atoms with Gasteiger partial charge in [-0.25, -0.2) is 0 Å². The van der Waals surface area contributed by atoms with Crippen LogP contribution in [0.2, 0.25) is 0 Å². The van der Waals surface area contributed by atoms with Crippen LogP contribution in [0.25, 0.3) is 0 Å². The van der Waals surface area contributed by atoms with Gasteiger partial charge in [-0.2, -0.15) is 0 Å². The third-order valence-corrected chi connectivity index (χ3v) is 3.30. The summed E-state index contributed by atoms with van der Waals surface area (Å²) in [5, 5.41) is 0. The average Bonchev–Trinajstić information content (AvgIpc) is 2.38. The van der Waals surface area contributed by atoms with Crippen LogP contribution in [0.15, 0.2) is 24.3 Å². The molecule has 0 heterocycles. The summed E-state index contributed by atoms with van der Waals surface area (Å²) in [4.78, 5) is 2.48. The van der Waals surface area contributed by atoms with E-state index in [4.69, 9.17) is 10.5 Å². The quantitative estimate of drug-likeness (QED) is 0.721. The molecule has 0 aliphatic heterocycles. The van der Waals surface area contributed by atoms with Crippen molar-refractivity contribution < 1.29 is 4.74 Å². The fraction of sp³-hybridized carbons (Fsp3) is 0.600. The number of hydrogen-bond donors (Lipinski definition) is 1. The van der Waals surface area contributed by atoms with Gasteiger partial charge in [0.1, 0.15) is 0 Å². The predicted molar refractivity (Wildman–Crippen MR) is 77.5 cm³/mol. The summed E-state index contributed by atoms with van der Waals surface area (Å²) in [6, 6.07) is 8.64. The first-order chi connectivity index (χ1) is 8.69. The van der Waals surface area contributed by atoms with E-state index in [1.54, 1.807) is 7.11 Å². The molecular formula is C15H26N2O. The molecule has 0 radical (unpaired) electrons. The van der Waals surface area contributed by atoms with Crippen molar-refractivity contribution in [2.45, 2.75) is 39.3 Å². The second kappa shape index (κ2) is 8.11. The molecule has 1 rings (SSSR count). The highest BCUT2D eigenvalue weighted by Gasteiger charge is 2.14. The van der Waals surface area contributed by atoms with Crippen molar-refractivity contribution in [3.8, 4) is 0 Å². The summed E-state index contributed by atoms with van der Waals surface area (Å²) < 4.78 is 5.16. The molecule has 0 aliphatic rings. The normalized spacial score (nSPS) is 12.9. The van der Waals surface area contributed by atoms with Gasteiger partial charge >= 0.3 is 0 Å². The minimum atomic E-state index is 0.518. The Morgan fingerprint density at radius 3 is 2.67 bits per heavy atom. The smallest absolute Gasteiger partial charge is 0.0477 e. The Balaban J connectivity index is 2.64. The van der Waals surface area contributed by atoms with Crippen molar-refractivity contribution in [3.05, 3.63) is 29.8 Å². The predicted octanol–water partition coefficient (Wildman–Crippen LogP) is 2.91. The third-order valence-electron chi connectivity index (χ3n) is 3.30. The van der Waals surface area contributed by atoms with E-state index >= 15 is 0 Å². The van der Waals surface area contributed by atoms with Crippen LogP contribution in [-0.4, -0.2) is 31.2 Å². The lowest BCUT2D eigenvalue weighted by atomic mass is 10.1. The topological polar surface area (TPSA) is 38.5 Å². The molecule has 0 amide bonds. The minimum absolute atomic E-state index is 0.518. The van der Waals surface area contributed by atoms with Gasteiger partial charge in [0.15, 0.2) is 0 Å². The monoisotopic (exact) mass is 250 g/mol. The first-order valence-electron chi connectivity index (χ1n) is 6.75. The zero-order valence-electron chi connectivity index (χ0n) is 11.9. The van der Waals surface area contributed by atoms with E-state index in [1.807, 2.05) is 12.1 Å². The molecule has 0 saturated heterocycles. The van der Waals surface area contributed by atoms with Crippen molar-refractivity contribution in [3.63, 3.8) is 0 Å². The lowest BCUT2D eigenvalue weighted by Gasteiger charge is -2.29. The molecule has 0 aliphatic carbocycles. The fourth-order valence-electron chi connectivity index (χ4n) is 2.11. The number of ether oxygens (including phenoxy) is 1. The van der Waals surface area contributed by atoms with Crippen LogP contribution in [0.5, 0.6) is 0 Å². The molecule has 18 heavy (non-hydrogen) atoms. The van der Waals surface area contributed by atoms with Gasteiger partial charge < -0.3 is 10.5 Å². The molecule has 1 atom stereocenters. The van der Waals surface area contributed by atoms with Crippen LogP contribution in [-0.2, 0) is 11.3 Å². The number of benzene rings is 1. The third kappa shape index (κ3) is 4.67. The van der Waals surface area contributed by atoms with Gasteiger partial charge in [-0.3, -0.25) is 4.90 Å². The molecule has 0 aromatic heterocycles. The largest absolute Gasteiger partial charge is 0.398 e. The number of nitrogens with two attached hydrogens (primary N) is 1. The Morgan fingerprint density at radius 1 is 1.33 bits per heavy atom. The maximum Gasteiger partial charge on any atom is 0.0477 e. The number of methoxy groups -OCH3 is 1. The zero-order valence-corrected chi connectivity index (χ0v) is 11.9. The van der Waals surface area contributed by atoms with Gasteiger partial charge in [-0.05, 0) is 37.9 Å². The van der Waals surface area contributed by atoms with E-state index in [1.165, 1.54) is 5.56 Å². The summed E-state index contributed by atoms with van der Waals surface area (Å²) in [6.45, 7) is 7.30. The van der Waals surface area contributed by atoms with Gasteiger partial charge in [0.2, 0.25) is 0 Å². The van der Waals surface area contributed by atoms with Crippen LogP contribution in [0.4, 0.5) is 5.69 Å². The van der Waals surface area contributed by atoms with E-state index in [-0.39, 0.29) is 0 Å². The molecule has 2 N–H and O–H groups in total. The van der Waals surface area contributed by atoms with E-state index in [2.05, 4.69) is 30.9 Å². The molecule has 102 valence electrons. The number of hydrogen-bond acceptors (Lipinski definition) is 3. The zero-order chi connectivity index (χ0) is 13.4. The Labute approximate surface area is 111 Å². The average molecular weight is 250 g/mol. The van der Waals surface area contributed by atoms with Crippen LogP contribution < -0.4 is 5.73 Å². The summed E-state index contributed by atoms with van der Waals surface area (Å²) in [6.07, 6.45) is 2.22. The number of para-hydroxylation sites is 1. The van der Waals surface area contributed by atoms with E-state index in [0.29, 0.717) is 6.04 Å². The molecule has 1 unspecified atom stereocenters. The Kier molecular flexibility index (Phi) is 6.76. The van der Waals surface area contributed by atoms with Crippen molar-refractivity contribution in [2.24, 2.45) is 0 Å². The molecule has 3 heteroatoms. The first-order valence-corrected chi connectivity index (χ1v) is 6.75. The van der Waals surface area contributed by atoms with Gasteiger partial charge in [0.05, 0.1) is 0 Å². The fourth-order valence-corrected chi connectivity index (χ4v) is 2.11. The first kappa shape index (κ1) is 15.0. The molecule has 1 aromatic carbocycles. The van der Waals surface area contributed by atoms with Crippen LogP contribution >= 0.6 is 0 Å². The standard InChI is InChI=1S/C15H26N2O/c1-4-10-17(13(2)9-11-18-3)12-14-7-5-6-8-15(14)16/h5-8,13H,4,9-12,16H2,1-3H3. The van der Waals surface area contributed by atoms with E-state index < -0.39 is 0 Å². The van der Waals surface area contributed by atoms with Gasteiger partial charge in [-0.15, -0.1) is 0 Å². The van der Waals surface area contributed by atoms with Gasteiger partial charge in [-0.1, -0.05) is 25.1 Å². The summed E-state index contributed by atoms with van der Waals surface area (Å²) in [5.41, 5.74) is 8.12. The molecule has 3 nitrogen and oxygen atoms in total. The highest BCUT2D eigenvalue weighted by Crippen LogP contribution is 2.16.